The average Bonchev–Trinajstić information content (AvgIpc) is 3.13. The molecule has 0 heterocycles. The number of nitro groups is 1. The first-order valence-corrected chi connectivity index (χ1v) is 9.22. The quantitative estimate of drug-likeness (QED) is 0.227. The van der Waals surface area contributed by atoms with E-state index in [4.69, 9.17) is 16.3 Å². The van der Waals surface area contributed by atoms with Crippen molar-refractivity contribution >= 4 is 23.4 Å². The molecule has 1 aromatic rings. The molecule has 0 saturated heterocycles. The number of Topliss-reactive ketones (excluding diaryl/α,β-unsaturated/α-hetero) is 1. The second-order valence-corrected chi connectivity index (χ2v) is 6.99. The Hall–Kier alpha value is -2.61. The fourth-order valence-electron chi connectivity index (χ4n) is 3.42. The molecule has 0 amide bonds. The maximum atomic E-state index is 12.3. The zero-order valence-electron chi connectivity index (χ0n) is 15.6. The lowest BCUT2D eigenvalue weighted by Gasteiger charge is -2.23. The van der Waals surface area contributed by atoms with Gasteiger partial charge in [-0.25, -0.2) is 0 Å². The predicted molar refractivity (Wildman–Crippen MR) is 100 cm³/mol. The average molecular weight is 412 g/mol. The van der Waals surface area contributed by atoms with Crippen molar-refractivity contribution in [2.24, 2.45) is 5.92 Å². The van der Waals surface area contributed by atoms with Crippen LogP contribution in [0.5, 0.6) is 0 Å². The number of carbonyl (C=O) groups excluding carboxylic acids is 2. The van der Waals surface area contributed by atoms with Crippen LogP contribution in [0.1, 0.15) is 44.1 Å². The first-order chi connectivity index (χ1) is 13.3. The zero-order chi connectivity index (χ0) is 20.8. The number of esters is 1. The molecule has 28 heavy (non-hydrogen) atoms. The van der Waals surface area contributed by atoms with E-state index in [2.05, 4.69) is 4.74 Å². The fraction of sp³-hybridized carbons (Fsp3) is 0.474. The van der Waals surface area contributed by atoms with Crippen molar-refractivity contribution in [2.75, 3.05) is 7.11 Å². The van der Waals surface area contributed by atoms with Crippen molar-refractivity contribution in [3.8, 4) is 0 Å². The van der Waals surface area contributed by atoms with E-state index in [0.717, 1.165) is 26.9 Å². The number of methoxy groups -OCH3 is 1. The number of rotatable bonds is 8. The van der Waals surface area contributed by atoms with Gasteiger partial charge in [-0.2, -0.15) is 0 Å². The van der Waals surface area contributed by atoms with Crippen molar-refractivity contribution in [3.63, 3.8) is 0 Å². The third kappa shape index (κ3) is 4.81. The van der Waals surface area contributed by atoms with Gasteiger partial charge < -0.3 is 14.6 Å². The van der Waals surface area contributed by atoms with Gasteiger partial charge in [-0.3, -0.25) is 19.7 Å². The Morgan fingerprint density at radius 3 is 2.39 bits per heavy atom. The van der Waals surface area contributed by atoms with Crippen molar-refractivity contribution in [1.29, 1.82) is 0 Å². The van der Waals surface area contributed by atoms with Crippen LogP contribution in [0.15, 0.2) is 35.9 Å². The number of allylic oxidation sites excluding steroid dienone is 1. The minimum Gasteiger partial charge on any atom is -0.476 e. The van der Waals surface area contributed by atoms with Crippen molar-refractivity contribution in [1.82, 2.24) is 0 Å². The molecule has 1 fully saturated rings. The van der Waals surface area contributed by atoms with E-state index in [0.29, 0.717) is 12.8 Å². The summed E-state index contributed by atoms with van der Waals surface area (Å²) in [5.41, 5.74) is -0.659. The fourth-order valence-corrected chi connectivity index (χ4v) is 3.68. The molecule has 9 heteroatoms. The lowest BCUT2D eigenvalue weighted by molar-refractivity contribution is -0.437. The Balaban J connectivity index is 2.65. The van der Waals surface area contributed by atoms with Crippen LogP contribution in [-0.4, -0.2) is 35.0 Å². The molecule has 0 spiro atoms. The van der Waals surface area contributed by atoms with Crippen LogP contribution < -0.4 is 0 Å². The topological polar surface area (TPSA) is 116 Å². The van der Waals surface area contributed by atoms with Crippen LogP contribution >= 0.6 is 11.6 Å². The third-order valence-electron chi connectivity index (χ3n) is 4.76. The summed E-state index contributed by atoms with van der Waals surface area (Å²) in [6, 6.07) is 6.10. The number of aliphatic hydroxyl groups is 1. The molecule has 0 aliphatic heterocycles. The summed E-state index contributed by atoms with van der Waals surface area (Å²) < 4.78 is 10.1. The SMILES string of the molecule is COC(=O)C(C(C)=O)C(C(=C(O)OC1CCCC1)[N+](=O)[O-])c1ccccc1Cl. The maximum Gasteiger partial charge on any atom is 0.354 e. The number of ether oxygens (including phenoxy) is 2. The Morgan fingerprint density at radius 2 is 1.89 bits per heavy atom. The molecule has 2 atom stereocenters. The molecule has 1 aliphatic rings. The van der Waals surface area contributed by atoms with Gasteiger partial charge in [-0.15, -0.1) is 0 Å². The minimum absolute atomic E-state index is 0.107. The van der Waals surface area contributed by atoms with Gasteiger partial charge in [-0.1, -0.05) is 29.8 Å². The number of aliphatic hydroxyl groups excluding tert-OH is 1. The number of hydrogen-bond acceptors (Lipinski definition) is 7. The van der Waals surface area contributed by atoms with Gasteiger partial charge in [0.2, 0.25) is 0 Å². The lowest BCUT2D eigenvalue weighted by Crippen LogP contribution is -2.33. The molecule has 1 N–H and O–H groups in total. The van der Waals surface area contributed by atoms with Crippen LogP contribution in [0.2, 0.25) is 5.02 Å². The number of carbonyl (C=O) groups is 2. The Kier molecular flexibility index (Phi) is 7.39. The number of benzene rings is 1. The monoisotopic (exact) mass is 411 g/mol. The molecular weight excluding hydrogens is 390 g/mol. The molecular formula is C19H22ClNO7. The summed E-state index contributed by atoms with van der Waals surface area (Å²) in [6.45, 7) is 1.12. The van der Waals surface area contributed by atoms with Gasteiger partial charge in [0.15, 0.2) is 0 Å². The third-order valence-corrected chi connectivity index (χ3v) is 5.10. The van der Waals surface area contributed by atoms with Crippen LogP contribution in [0.4, 0.5) is 0 Å². The van der Waals surface area contributed by atoms with Gasteiger partial charge in [0.05, 0.1) is 12.0 Å². The van der Waals surface area contributed by atoms with Crippen LogP contribution in [0.3, 0.4) is 0 Å². The summed E-state index contributed by atoms with van der Waals surface area (Å²) in [5, 5.41) is 22.4. The zero-order valence-corrected chi connectivity index (χ0v) is 16.3. The first-order valence-electron chi connectivity index (χ1n) is 8.84. The number of nitrogens with zero attached hydrogens (tertiary/aromatic N) is 1. The summed E-state index contributed by atoms with van der Waals surface area (Å²) in [4.78, 5) is 35.6. The summed E-state index contributed by atoms with van der Waals surface area (Å²) in [7, 11) is 1.08. The first kappa shape index (κ1) is 21.7. The number of hydrogen-bond donors (Lipinski definition) is 1. The van der Waals surface area contributed by atoms with Gasteiger partial charge >= 0.3 is 17.6 Å². The van der Waals surface area contributed by atoms with E-state index in [1.165, 1.54) is 12.1 Å². The number of halogens is 1. The van der Waals surface area contributed by atoms with Gasteiger partial charge in [-0.05, 0) is 44.2 Å². The molecule has 152 valence electrons. The minimum atomic E-state index is -1.57. The van der Waals surface area contributed by atoms with Crippen molar-refractivity contribution in [3.05, 3.63) is 56.6 Å². The molecule has 1 saturated carbocycles. The van der Waals surface area contributed by atoms with E-state index in [9.17, 15) is 24.8 Å². The lowest BCUT2D eigenvalue weighted by atomic mass is 9.81. The molecule has 8 nitrogen and oxygen atoms in total. The highest BCUT2D eigenvalue weighted by molar-refractivity contribution is 6.31. The van der Waals surface area contributed by atoms with Crippen molar-refractivity contribution < 1.29 is 29.1 Å². The highest BCUT2D eigenvalue weighted by Crippen LogP contribution is 2.39. The largest absolute Gasteiger partial charge is 0.476 e. The van der Waals surface area contributed by atoms with E-state index >= 15 is 0 Å². The van der Waals surface area contributed by atoms with E-state index in [1.807, 2.05) is 0 Å². The number of ketones is 1. The Morgan fingerprint density at radius 1 is 1.29 bits per heavy atom. The van der Waals surface area contributed by atoms with Gasteiger partial charge in [0.1, 0.15) is 23.7 Å². The second kappa shape index (κ2) is 9.54. The molecule has 1 aliphatic carbocycles. The Bertz CT molecular complexity index is 786. The summed E-state index contributed by atoms with van der Waals surface area (Å²) >= 11 is 6.21. The second-order valence-electron chi connectivity index (χ2n) is 6.58. The van der Waals surface area contributed by atoms with Crippen molar-refractivity contribution in [2.45, 2.75) is 44.6 Å². The van der Waals surface area contributed by atoms with Gasteiger partial charge in [0.25, 0.3) is 0 Å². The molecule has 0 aromatic heterocycles. The smallest absolute Gasteiger partial charge is 0.354 e. The van der Waals surface area contributed by atoms with Crippen LogP contribution in [0, 0.1) is 16.0 Å². The van der Waals surface area contributed by atoms with E-state index in [1.54, 1.807) is 12.1 Å². The molecule has 2 rings (SSSR count). The van der Waals surface area contributed by atoms with E-state index < -0.39 is 40.2 Å². The molecule has 0 bridgehead atoms. The maximum absolute atomic E-state index is 12.3. The highest BCUT2D eigenvalue weighted by atomic mass is 35.5. The normalized spacial score (nSPS) is 17.4. The summed E-state index contributed by atoms with van der Waals surface area (Å²) in [5.74, 6) is -5.60. The highest BCUT2D eigenvalue weighted by Gasteiger charge is 2.46. The van der Waals surface area contributed by atoms with Gasteiger partial charge in [0, 0.05) is 5.02 Å². The Labute approximate surface area is 167 Å². The van der Waals surface area contributed by atoms with Crippen LogP contribution in [0.25, 0.3) is 0 Å². The van der Waals surface area contributed by atoms with Crippen LogP contribution in [-0.2, 0) is 19.1 Å². The molecule has 2 unspecified atom stereocenters. The predicted octanol–water partition coefficient (Wildman–Crippen LogP) is 3.76. The standard InChI is InChI=1S/C19H22ClNO7/c1-11(22)15(18(23)27-2)16(13-9-5-6-10-14(13)20)17(21(25)26)19(24)28-12-7-3-4-8-12/h5-6,9-10,12,15-16,24H,3-4,7-8H2,1-2H3. The molecule has 1 aromatic carbocycles. The van der Waals surface area contributed by atoms with E-state index in [-0.39, 0.29) is 16.7 Å². The molecule has 0 radical (unpaired) electrons. The summed E-state index contributed by atoms with van der Waals surface area (Å²) in [6.07, 6.45) is 2.71.